The summed E-state index contributed by atoms with van der Waals surface area (Å²) >= 11 is 3.61. The van der Waals surface area contributed by atoms with Crippen molar-refractivity contribution in [1.29, 1.82) is 0 Å². The summed E-state index contributed by atoms with van der Waals surface area (Å²) in [6.07, 6.45) is 3.25. The molecule has 0 aliphatic carbocycles. The lowest BCUT2D eigenvalue weighted by Gasteiger charge is -2.21. The predicted molar refractivity (Wildman–Crippen MR) is 78.2 cm³/mol. The molecule has 104 valence electrons. The Morgan fingerprint density at radius 1 is 1.42 bits per heavy atom. The average Bonchev–Trinajstić information content (AvgIpc) is 2.62. The molecule has 0 saturated heterocycles. The Morgan fingerprint density at radius 3 is 2.84 bits per heavy atom. The summed E-state index contributed by atoms with van der Waals surface area (Å²) in [6, 6.07) is 1.97. The van der Waals surface area contributed by atoms with Crippen LogP contribution in [0.4, 0.5) is 0 Å². The van der Waals surface area contributed by atoms with Crippen LogP contribution in [0.2, 0.25) is 0 Å². The third kappa shape index (κ3) is 2.94. The maximum Gasteiger partial charge on any atom is 0.164 e. The molecule has 1 aromatic carbocycles. The maximum atomic E-state index is 10.8. The van der Waals surface area contributed by atoms with E-state index in [1.54, 1.807) is 0 Å². The molecule has 3 nitrogen and oxygen atoms in total. The van der Waals surface area contributed by atoms with Crippen molar-refractivity contribution in [3.63, 3.8) is 0 Å². The molecule has 0 fully saturated rings. The lowest BCUT2D eigenvalue weighted by molar-refractivity contribution is -0.108. The van der Waals surface area contributed by atoms with Gasteiger partial charge in [-0.2, -0.15) is 0 Å². The van der Waals surface area contributed by atoms with Crippen LogP contribution in [-0.2, 0) is 11.2 Å². The van der Waals surface area contributed by atoms with E-state index in [1.807, 2.05) is 6.07 Å². The number of fused-ring (bicyclic) bond motifs is 1. The van der Waals surface area contributed by atoms with E-state index < -0.39 is 0 Å². The van der Waals surface area contributed by atoms with E-state index in [9.17, 15) is 4.79 Å². The molecule has 19 heavy (non-hydrogen) atoms. The zero-order valence-corrected chi connectivity index (χ0v) is 13.0. The van der Waals surface area contributed by atoms with Crippen molar-refractivity contribution < 1.29 is 14.3 Å². The molecule has 1 aliphatic heterocycles. The van der Waals surface area contributed by atoms with Crippen LogP contribution < -0.4 is 9.47 Å². The molecule has 1 atom stereocenters. The van der Waals surface area contributed by atoms with Crippen LogP contribution in [0.25, 0.3) is 0 Å². The SMILES string of the molecule is CCc1c2c(cc(Br)c1C(C)CC=O)OCCCO2. The summed E-state index contributed by atoms with van der Waals surface area (Å²) < 4.78 is 12.6. The van der Waals surface area contributed by atoms with E-state index in [-0.39, 0.29) is 5.92 Å². The van der Waals surface area contributed by atoms with Crippen LogP contribution in [0.3, 0.4) is 0 Å². The topological polar surface area (TPSA) is 35.5 Å². The number of benzene rings is 1. The van der Waals surface area contributed by atoms with Crippen molar-refractivity contribution in [3.8, 4) is 11.5 Å². The maximum absolute atomic E-state index is 10.8. The molecule has 0 radical (unpaired) electrons. The summed E-state index contributed by atoms with van der Waals surface area (Å²) in [5, 5.41) is 0. The third-order valence-electron chi connectivity index (χ3n) is 3.43. The van der Waals surface area contributed by atoms with Gasteiger partial charge in [-0.3, -0.25) is 0 Å². The van der Waals surface area contributed by atoms with Gasteiger partial charge in [0, 0.05) is 22.9 Å². The van der Waals surface area contributed by atoms with Crippen LogP contribution in [0.15, 0.2) is 10.5 Å². The van der Waals surface area contributed by atoms with Gasteiger partial charge in [-0.15, -0.1) is 0 Å². The summed E-state index contributed by atoms with van der Waals surface area (Å²) in [5.41, 5.74) is 2.32. The Kier molecular flexibility index (Phi) is 4.86. The van der Waals surface area contributed by atoms with Crippen molar-refractivity contribution in [2.75, 3.05) is 13.2 Å². The van der Waals surface area contributed by atoms with Gasteiger partial charge in [-0.25, -0.2) is 0 Å². The second kappa shape index (κ2) is 6.42. The fourth-order valence-electron chi connectivity index (χ4n) is 2.50. The lowest BCUT2D eigenvalue weighted by Crippen LogP contribution is -2.05. The monoisotopic (exact) mass is 326 g/mol. The highest BCUT2D eigenvalue weighted by Gasteiger charge is 2.23. The quantitative estimate of drug-likeness (QED) is 0.788. The van der Waals surface area contributed by atoms with E-state index >= 15 is 0 Å². The molecular weight excluding hydrogens is 308 g/mol. The van der Waals surface area contributed by atoms with E-state index in [2.05, 4.69) is 29.8 Å². The largest absolute Gasteiger partial charge is 0.490 e. The molecule has 0 aromatic heterocycles. The molecule has 4 heteroatoms. The minimum absolute atomic E-state index is 0.180. The normalized spacial score (nSPS) is 15.7. The predicted octanol–water partition coefficient (Wildman–Crippen LogP) is 3.87. The Hall–Kier alpha value is -1.03. The van der Waals surface area contributed by atoms with Crippen molar-refractivity contribution in [2.24, 2.45) is 0 Å². The molecule has 0 N–H and O–H groups in total. The fourth-order valence-corrected chi connectivity index (χ4v) is 3.34. The van der Waals surface area contributed by atoms with Gasteiger partial charge in [0.15, 0.2) is 11.5 Å². The molecule has 0 amide bonds. The molecule has 0 saturated carbocycles. The number of hydrogen-bond acceptors (Lipinski definition) is 3. The van der Waals surface area contributed by atoms with E-state index in [0.717, 1.165) is 40.7 Å². The Morgan fingerprint density at radius 2 is 2.16 bits per heavy atom. The number of hydrogen-bond donors (Lipinski definition) is 0. The van der Waals surface area contributed by atoms with Gasteiger partial charge >= 0.3 is 0 Å². The number of halogens is 1. The smallest absolute Gasteiger partial charge is 0.164 e. The number of carbonyl (C=O) groups excluding carboxylic acids is 1. The van der Waals surface area contributed by atoms with E-state index in [0.29, 0.717) is 19.6 Å². The lowest BCUT2D eigenvalue weighted by atomic mass is 9.91. The third-order valence-corrected chi connectivity index (χ3v) is 4.08. The highest BCUT2D eigenvalue weighted by molar-refractivity contribution is 9.10. The van der Waals surface area contributed by atoms with Gasteiger partial charge in [0.2, 0.25) is 0 Å². The van der Waals surface area contributed by atoms with Gasteiger partial charge < -0.3 is 14.3 Å². The van der Waals surface area contributed by atoms with Gasteiger partial charge in [0.05, 0.1) is 13.2 Å². The summed E-state index contributed by atoms with van der Waals surface area (Å²) in [4.78, 5) is 10.8. The van der Waals surface area contributed by atoms with Gasteiger partial charge in [0.25, 0.3) is 0 Å². The zero-order chi connectivity index (χ0) is 13.8. The highest BCUT2D eigenvalue weighted by Crippen LogP contribution is 2.43. The molecule has 0 spiro atoms. The van der Waals surface area contributed by atoms with Crippen molar-refractivity contribution in [3.05, 3.63) is 21.7 Å². The van der Waals surface area contributed by atoms with E-state index in [1.165, 1.54) is 5.56 Å². The Bertz CT molecular complexity index is 471. The molecule has 1 aliphatic rings. The molecule has 2 rings (SSSR count). The minimum Gasteiger partial charge on any atom is -0.490 e. The zero-order valence-electron chi connectivity index (χ0n) is 11.4. The first kappa shape index (κ1) is 14.4. The van der Waals surface area contributed by atoms with E-state index in [4.69, 9.17) is 9.47 Å². The first-order valence-electron chi connectivity index (χ1n) is 6.73. The number of aldehydes is 1. The Labute approximate surface area is 122 Å². The standard InChI is InChI=1S/C15H19BrO3/c1-3-11-14(10(2)5-6-17)12(16)9-13-15(11)19-8-4-7-18-13/h6,9-10H,3-5,7-8H2,1-2H3. The van der Waals surface area contributed by atoms with Gasteiger partial charge in [-0.1, -0.05) is 29.8 Å². The molecular formula is C15H19BrO3. The first-order chi connectivity index (χ1) is 9.19. The average molecular weight is 327 g/mol. The first-order valence-corrected chi connectivity index (χ1v) is 7.52. The van der Waals surface area contributed by atoms with Crippen molar-refractivity contribution >= 4 is 22.2 Å². The van der Waals surface area contributed by atoms with Crippen LogP contribution in [0.5, 0.6) is 11.5 Å². The van der Waals surface area contributed by atoms with Crippen molar-refractivity contribution in [1.82, 2.24) is 0 Å². The molecule has 1 heterocycles. The highest BCUT2D eigenvalue weighted by atomic mass is 79.9. The van der Waals surface area contributed by atoms with Crippen LogP contribution in [0.1, 0.15) is 43.7 Å². The second-order valence-electron chi connectivity index (χ2n) is 4.79. The summed E-state index contributed by atoms with van der Waals surface area (Å²) in [7, 11) is 0. The molecule has 0 bridgehead atoms. The van der Waals surface area contributed by atoms with Gasteiger partial charge in [-0.05, 0) is 24.0 Å². The fraction of sp³-hybridized carbons (Fsp3) is 0.533. The van der Waals surface area contributed by atoms with Crippen LogP contribution in [0, 0.1) is 0 Å². The van der Waals surface area contributed by atoms with Gasteiger partial charge in [0.1, 0.15) is 6.29 Å². The Balaban J connectivity index is 2.54. The number of rotatable bonds is 4. The van der Waals surface area contributed by atoms with Crippen LogP contribution >= 0.6 is 15.9 Å². The van der Waals surface area contributed by atoms with Crippen LogP contribution in [-0.4, -0.2) is 19.5 Å². The summed E-state index contributed by atoms with van der Waals surface area (Å²) in [5.74, 6) is 1.85. The van der Waals surface area contributed by atoms with Crippen molar-refractivity contribution in [2.45, 2.75) is 39.0 Å². The second-order valence-corrected chi connectivity index (χ2v) is 5.64. The number of ether oxygens (including phenoxy) is 2. The molecule has 1 unspecified atom stereocenters. The number of carbonyl (C=O) groups is 1. The minimum atomic E-state index is 0.180. The summed E-state index contributed by atoms with van der Waals surface area (Å²) in [6.45, 7) is 5.54. The molecule has 1 aromatic rings.